The summed E-state index contributed by atoms with van der Waals surface area (Å²) in [5, 5.41) is 6.36. The van der Waals surface area contributed by atoms with Gasteiger partial charge in [-0.15, -0.1) is 0 Å². The number of rotatable bonds is 3. The molecule has 8 heteroatoms. The highest BCUT2D eigenvalue weighted by molar-refractivity contribution is 5.59. The largest absolute Gasteiger partial charge is 0.384 e. The molecule has 138 valence electrons. The molecule has 3 aromatic rings. The van der Waals surface area contributed by atoms with Crippen LogP contribution in [0.25, 0.3) is 0 Å². The van der Waals surface area contributed by atoms with Crippen LogP contribution in [0.2, 0.25) is 0 Å². The van der Waals surface area contributed by atoms with Gasteiger partial charge < -0.3 is 11.1 Å². The monoisotopic (exact) mass is 366 g/mol. The van der Waals surface area contributed by atoms with E-state index in [2.05, 4.69) is 20.6 Å². The smallest absolute Gasteiger partial charge is 0.276 e. The summed E-state index contributed by atoms with van der Waals surface area (Å²) in [6.45, 7) is 4.31. The number of nitrogens with zero attached hydrogens (tertiary/aromatic N) is 3. The fraction of sp³-hybridized carbons (Fsp3) is 0.211. The topological polar surface area (TPSA) is 97.9 Å². The number of aromatic nitrogens is 3. The standard InChI is InChI=1S/C19H19FN6O/c1-11-6-14(25-17-8-16(21)22-10-23-17)18(27)26-15(11)9-24-19(26,2)12-4-3-5-13(20)7-12/h3-8,10,24H,9H2,1-2H3,(H3,21,22,23,25). The molecule has 0 saturated carbocycles. The molecule has 3 heterocycles. The van der Waals surface area contributed by atoms with Gasteiger partial charge in [0.05, 0.1) is 0 Å². The average Bonchev–Trinajstić information content (AvgIpc) is 2.99. The first kappa shape index (κ1) is 17.2. The van der Waals surface area contributed by atoms with Gasteiger partial charge in [-0.25, -0.2) is 14.4 Å². The molecule has 1 aromatic carbocycles. The van der Waals surface area contributed by atoms with Crippen LogP contribution >= 0.6 is 0 Å². The van der Waals surface area contributed by atoms with E-state index < -0.39 is 5.66 Å². The minimum absolute atomic E-state index is 0.232. The predicted octanol–water partition coefficient (Wildman–Crippen LogP) is 2.24. The highest BCUT2D eigenvalue weighted by Crippen LogP contribution is 2.31. The third-order valence-corrected chi connectivity index (χ3v) is 4.90. The molecule has 0 radical (unpaired) electrons. The molecule has 0 amide bonds. The number of hydrogen-bond donors (Lipinski definition) is 3. The van der Waals surface area contributed by atoms with E-state index >= 15 is 0 Å². The van der Waals surface area contributed by atoms with Crippen molar-refractivity contribution in [2.45, 2.75) is 26.1 Å². The number of nitrogens with one attached hydrogen (secondary N) is 2. The van der Waals surface area contributed by atoms with Gasteiger partial charge in [0.1, 0.15) is 35.1 Å². The maximum absolute atomic E-state index is 13.8. The minimum atomic E-state index is -0.859. The van der Waals surface area contributed by atoms with Gasteiger partial charge in [-0.2, -0.15) is 0 Å². The molecule has 1 aliphatic heterocycles. The second-order valence-corrected chi connectivity index (χ2v) is 6.72. The van der Waals surface area contributed by atoms with Gasteiger partial charge in [-0.3, -0.25) is 14.7 Å². The fourth-order valence-corrected chi connectivity index (χ4v) is 3.50. The lowest BCUT2D eigenvalue weighted by Crippen LogP contribution is -2.45. The summed E-state index contributed by atoms with van der Waals surface area (Å²) in [7, 11) is 0. The first-order valence-corrected chi connectivity index (χ1v) is 8.50. The first-order chi connectivity index (χ1) is 12.9. The van der Waals surface area contributed by atoms with Crippen molar-refractivity contribution in [3.8, 4) is 0 Å². The summed E-state index contributed by atoms with van der Waals surface area (Å²) < 4.78 is 15.5. The molecule has 0 bridgehead atoms. The third-order valence-electron chi connectivity index (χ3n) is 4.90. The number of pyridine rings is 1. The van der Waals surface area contributed by atoms with Crippen LogP contribution < -0.4 is 21.9 Å². The fourth-order valence-electron chi connectivity index (χ4n) is 3.50. The van der Waals surface area contributed by atoms with E-state index in [4.69, 9.17) is 5.73 Å². The Labute approximate surface area is 155 Å². The zero-order chi connectivity index (χ0) is 19.2. The van der Waals surface area contributed by atoms with Gasteiger partial charge in [0, 0.05) is 18.3 Å². The molecule has 0 aliphatic carbocycles. The molecule has 27 heavy (non-hydrogen) atoms. The highest BCUT2D eigenvalue weighted by Gasteiger charge is 2.37. The van der Waals surface area contributed by atoms with E-state index in [9.17, 15) is 9.18 Å². The summed E-state index contributed by atoms with van der Waals surface area (Å²) in [6.07, 6.45) is 1.33. The van der Waals surface area contributed by atoms with Crippen LogP contribution in [-0.4, -0.2) is 14.5 Å². The van der Waals surface area contributed by atoms with E-state index in [1.165, 1.54) is 18.5 Å². The number of aryl methyl sites for hydroxylation is 1. The zero-order valence-electron chi connectivity index (χ0n) is 15.0. The van der Waals surface area contributed by atoms with Gasteiger partial charge >= 0.3 is 0 Å². The number of fused-ring (bicyclic) bond motifs is 1. The van der Waals surface area contributed by atoms with E-state index in [-0.39, 0.29) is 11.4 Å². The van der Waals surface area contributed by atoms with Crippen LogP contribution in [0.1, 0.15) is 23.7 Å². The quantitative estimate of drug-likeness (QED) is 0.658. The predicted molar refractivity (Wildman–Crippen MR) is 101 cm³/mol. The number of nitrogens with two attached hydrogens (primary N) is 1. The molecular weight excluding hydrogens is 347 g/mol. The van der Waals surface area contributed by atoms with Crippen LogP contribution in [0.15, 0.2) is 47.5 Å². The van der Waals surface area contributed by atoms with Crippen molar-refractivity contribution < 1.29 is 4.39 Å². The van der Waals surface area contributed by atoms with Gasteiger partial charge in [-0.1, -0.05) is 12.1 Å². The first-order valence-electron chi connectivity index (χ1n) is 8.50. The number of hydrogen-bond acceptors (Lipinski definition) is 6. The Hall–Kier alpha value is -3.26. The van der Waals surface area contributed by atoms with Crippen molar-refractivity contribution in [2.24, 2.45) is 0 Å². The summed E-state index contributed by atoms with van der Waals surface area (Å²) in [5.74, 6) is 0.384. The average molecular weight is 366 g/mol. The Morgan fingerprint density at radius 3 is 2.85 bits per heavy atom. The van der Waals surface area contributed by atoms with E-state index in [1.54, 1.807) is 28.8 Å². The Balaban J connectivity index is 1.86. The Morgan fingerprint density at radius 2 is 2.11 bits per heavy atom. The van der Waals surface area contributed by atoms with E-state index in [0.29, 0.717) is 29.4 Å². The van der Waals surface area contributed by atoms with Crippen molar-refractivity contribution >= 4 is 17.3 Å². The maximum Gasteiger partial charge on any atom is 0.276 e. The molecule has 1 atom stereocenters. The molecule has 4 rings (SSSR count). The van der Waals surface area contributed by atoms with Crippen molar-refractivity contribution in [2.75, 3.05) is 11.1 Å². The number of anilines is 3. The number of halogens is 1. The summed E-state index contributed by atoms with van der Waals surface area (Å²) >= 11 is 0. The SMILES string of the molecule is Cc1cc(Nc2cc(N)ncn2)c(=O)n2c1CNC2(C)c1cccc(F)c1. The summed E-state index contributed by atoms with van der Waals surface area (Å²) in [5.41, 5.74) is 7.42. The van der Waals surface area contributed by atoms with Crippen LogP contribution in [0.3, 0.4) is 0 Å². The van der Waals surface area contributed by atoms with Crippen LogP contribution in [0.5, 0.6) is 0 Å². The van der Waals surface area contributed by atoms with Gasteiger partial charge in [0.2, 0.25) is 0 Å². The molecule has 0 fully saturated rings. The second-order valence-electron chi connectivity index (χ2n) is 6.72. The normalized spacial score (nSPS) is 18.3. The lowest BCUT2D eigenvalue weighted by atomic mass is 10.0. The maximum atomic E-state index is 13.8. The van der Waals surface area contributed by atoms with Gasteiger partial charge in [0.15, 0.2) is 0 Å². The van der Waals surface area contributed by atoms with Gasteiger partial charge in [0.25, 0.3) is 5.56 Å². The number of nitrogen functional groups attached to an aromatic ring is 1. The second kappa shape index (κ2) is 6.17. The van der Waals surface area contributed by atoms with Crippen molar-refractivity contribution in [1.82, 2.24) is 19.9 Å². The van der Waals surface area contributed by atoms with Crippen molar-refractivity contribution in [1.29, 1.82) is 0 Å². The van der Waals surface area contributed by atoms with Crippen LogP contribution in [0, 0.1) is 12.7 Å². The van der Waals surface area contributed by atoms with Crippen molar-refractivity contribution in [3.05, 3.63) is 75.7 Å². The zero-order valence-corrected chi connectivity index (χ0v) is 15.0. The molecule has 4 N–H and O–H groups in total. The third kappa shape index (κ3) is 2.83. The molecule has 1 unspecified atom stereocenters. The van der Waals surface area contributed by atoms with Crippen LogP contribution in [0.4, 0.5) is 21.7 Å². The molecule has 0 spiro atoms. The van der Waals surface area contributed by atoms with E-state index in [0.717, 1.165) is 11.3 Å². The lowest BCUT2D eigenvalue weighted by molar-refractivity contribution is 0.348. The van der Waals surface area contributed by atoms with E-state index in [1.807, 2.05) is 13.8 Å². The number of benzene rings is 1. The van der Waals surface area contributed by atoms with Crippen LogP contribution in [-0.2, 0) is 12.2 Å². The summed E-state index contributed by atoms with van der Waals surface area (Å²) in [4.78, 5) is 21.2. The Bertz CT molecular complexity index is 1100. The Kier molecular flexibility index (Phi) is 3.92. The summed E-state index contributed by atoms with van der Waals surface area (Å²) in [6, 6.07) is 9.60. The minimum Gasteiger partial charge on any atom is -0.384 e. The van der Waals surface area contributed by atoms with Crippen molar-refractivity contribution in [3.63, 3.8) is 0 Å². The molecule has 1 aliphatic rings. The lowest BCUT2D eigenvalue weighted by Gasteiger charge is -2.29. The molecule has 0 saturated heterocycles. The Morgan fingerprint density at radius 1 is 1.30 bits per heavy atom. The highest BCUT2D eigenvalue weighted by atomic mass is 19.1. The molecular formula is C19H19FN6O. The van der Waals surface area contributed by atoms with Gasteiger partial charge in [-0.05, 0) is 43.2 Å². The molecule has 7 nitrogen and oxygen atoms in total. The molecule has 2 aromatic heterocycles.